The molecule has 1 aromatic heterocycles. The summed E-state index contributed by atoms with van der Waals surface area (Å²) < 4.78 is 2.17. The zero-order chi connectivity index (χ0) is 28.6. The molecule has 4 rings (SSSR count). The Morgan fingerprint density at radius 2 is 1.77 bits per heavy atom. The van der Waals surface area contributed by atoms with Crippen molar-refractivity contribution < 1.29 is 9.59 Å². The van der Waals surface area contributed by atoms with Crippen LogP contribution in [0.25, 0.3) is 0 Å². The van der Waals surface area contributed by atoms with E-state index in [9.17, 15) is 9.59 Å². The van der Waals surface area contributed by atoms with E-state index in [-0.39, 0.29) is 30.6 Å². The number of carbonyl (C=O) groups is 2. The summed E-state index contributed by atoms with van der Waals surface area (Å²) in [6, 6.07) is 17.7. The Morgan fingerprint density at radius 3 is 2.48 bits per heavy atom. The average molecular weight is 563 g/mol. The van der Waals surface area contributed by atoms with Crippen LogP contribution in [0.2, 0.25) is 5.02 Å². The van der Waals surface area contributed by atoms with Crippen molar-refractivity contribution in [3.8, 4) is 0 Å². The smallest absolute Gasteiger partial charge is 0.322 e. The molecule has 214 valence electrons. The van der Waals surface area contributed by atoms with Crippen LogP contribution in [0.15, 0.2) is 60.8 Å². The number of urea groups is 1. The largest absolute Gasteiger partial charge is 0.345 e. The van der Waals surface area contributed by atoms with Crippen LogP contribution in [0, 0.1) is 13.8 Å². The number of anilines is 1. The van der Waals surface area contributed by atoms with Gasteiger partial charge in [0.25, 0.3) is 0 Å². The van der Waals surface area contributed by atoms with Gasteiger partial charge in [-0.1, -0.05) is 62.1 Å². The van der Waals surface area contributed by atoms with Crippen LogP contribution in [0.4, 0.5) is 10.5 Å². The van der Waals surface area contributed by atoms with Gasteiger partial charge >= 0.3 is 6.03 Å². The Balaban J connectivity index is 1.54. The minimum Gasteiger partial charge on any atom is -0.345 e. The number of halogens is 1. The molecule has 1 aliphatic carbocycles. The minimum atomic E-state index is -0.239. The lowest BCUT2D eigenvalue weighted by atomic mass is 9.94. The summed E-state index contributed by atoms with van der Waals surface area (Å²) >= 11 is 6.45. The second-order valence-corrected chi connectivity index (χ2v) is 11.6. The predicted molar refractivity (Wildman–Crippen MR) is 164 cm³/mol. The molecule has 0 aliphatic heterocycles. The predicted octanol–water partition coefficient (Wildman–Crippen LogP) is 7.80. The molecule has 0 spiro atoms. The molecule has 1 atom stereocenters. The maximum atomic E-state index is 14.1. The fraction of sp³-hybridized carbons (Fsp3) is 0.455. The monoisotopic (exact) mass is 562 g/mol. The summed E-state index contributed by atoms with van der Waals surface area (Å²) in [7, 11) is 0. The van der Waals surface area contributed by atoms with E-state index in [1.165, 1.54) is 12.0 Å². The molecule has 3 amide bonds. The lowest BCUT2D eigenvalue weighted by molar-refractivity contribution is -0.136. The molecule has 2 aromatic carbocycles. The number of benzene rings is 2. The standard InChI is InChI=1S/C33H43ClN4O2/c1-5-26(4)37(33(40)35-28-18-17-24(2)25(3)20-28)23-32(39)38(29-13-7-6-8-14-29)22-30-15-11-19-36(30)21-27-12-9-10-16-31(27)34/h9-12,15-20,26,29H,5-8,13-14,21-23H2,1-4H3,(H,35,40). The van der Waals surface area contributed by atoms with Crippen molar-refractivity contribution in [3.05, 3.63) is 88.2 Å². The summed E-state index contributed by atoms with van der Waals surface area (Å²) in [5.74, 6) is -0.00655. The van der Waals surface area contributed by atoms with Crippen LogP contribution in [0.5, 0.6) is 0 Å². The number of rotatable bonds is 10. The summed E-state index contributed by atoms with van der Waals surface area (Å²) in [6.45, 7) is 9.34. The molecule has 1 heterocycles. The summed E-state index contributed by atoms with van der Waals surface area (Å²) in [5, 5.41) is 3.77. The number of aromatic nitrogens is 1. The third-order valence-electron chi connectivity index (χ3n) is 8.34. The molecule has 1 N–H and O–H groups in total. The first kappa shape index (κ1) is 29.7. The number of nitrogens with zero attached hydrogens (tertiary/aromatic N) is 3. The highest BCUT2D eigenvalue weighted by molar-refractivity contribution is 6.31. The SMILES string of the molecule is CCC(C)N(CC(=O)N(Cc1cccn1Cc1ccccc1Cl)C1CCCCC1)C(=O)Nc1ccc(C)c(C)c1. The molecular weight excluding hydrogens is 520 g/mol. The first-order valence-electron chi connectivity index (χ1n) is 14.6. The van der Waals surface area contributed by atoms with Crippen molar-refractivity contribution in [1.82, 2.24) is 14.4 Å². The van der Waals surface area contributed by atoms with E-state index in [1.54, 1.807) is 4.90 Å². The van der Waals surface area contributed by atoms with Gasteiger partial charge in [0.2, 0.25) is 5.91 Å². The Hall–Kier alpha value is -3.25. The van der Waals surface area contributed by atoms with Gasteiger partial charge in [0.05, 0.1) is 6.54 Å². The van der Waals surface area contributed by atoms with E-state index in [4.69, 9.17) is 11.6 Å². The molecular formula is C33H43ClN4O2. The maximum Gasteiger partial charge on any atom is 0.322 e. The zero-order valence-electron chi connectivity index (χ0n) is 24.3. The lowest BCUT2D eigenvalue weighted by Crippen LogP contribution is -2.50. The third kappa shape index (κ3) is 7.48. The second-order valence-electron chi connectivity index (χ2n) is 11.1. The third-order valence-corrected chi connectivity index (χ3v) is 8.71. The lowest BCUT2D eigenvalue weighted by Gasteiger charge is -2.37. The van der Waals surface area contributed by atoms with Crippen molar-refractivity contribution in [2.75, 3.05) is 11.9 Å². The number of hydrogen-bond donors (Lipinski definition) is 1. The molecule has 0 saturated heterocycles. The molecule has 6 nitrogen and oxygen atoms in total. The second kappa shape index (κ2) is 13.9. The van der Waals surface area contributed by atoms with E-state index in [0.717, 1.165) is 59.6 Å². The first-order valence-corrected chi connectivity index (χ1v) is 15.0. The first-order chi connectivity index (χ1) is 19.3. The Labute approximate surface area is 244 Å². The summed E-state index contributed by atoms with van der Waals surface area (Å²) in [5.41, 5.74) is 5.15. The van der Waals surface area contributed by atoms with Crippen LogP contribution in [0.3, 0.4) is 0 Å². The molecule has 1 unspecified atom stereocenters. The molecule has 7 heteroatoms. The number of aryl methyl sites for hydroxylation is 2. The Morgan fingerprint density at radius 1 is 1.02 bits per heavy atom. The van der Waals surface area contributed by atoms with Crippen molar-refractivity contribution in [2.45, 2.75) is 91.4 Å². The quantitative estimate of drug-likeness (QED) is 0.274. The maximum absolute atomic E-state index is 14.1. The van der Waals surface area contributed by atoms with Gasteiger partial charge in [0.15, 0.2) is 0 Å². The summed E-state index contributed by atoms with van der Waals surface area (Å²) in [6.07, 6.45) is 8.25. The van der Waals surface area contributed by atoms with E-state index in [2.05, 4.69) is 22.9 Å². The highest BCUT2D eigenvalue weighted by Gasteiger charge is 2.30. The molecule has 1 saturated carbocycles. The molecule has 0 radical (unpaired) electrons. The molecule has 0 bridgehead atoms. The van der Waals surface area contributed by atoms with Crippen LogP contribution in [0.1, 0.15) is 74.8 Å². The van der Waals surface area contributed by atoms with E-state index >= 15 is 0 Å². The van der Waals surface area contributed by atoms with Gasteiger partial charge in [0.1, 0.15) is 6.54 Å². The van der Waals surface area contributed by atoms with Gasteiger partial charge in [0, 0.05) is 41.2 Å². The van der Waals surface area contributed by atoms with Gasteiger partial charge in [-0.15, -0.1) is 0 Å². The van der Waals surface area contributed by atoms with E-state index in [0.29, 0.717) is 13.1 Å². The molecule has 1 aliphatic rings. The van der Waals surface area contributed by atoms with Crippen molar-refractivity contribution in [1.29, 1.82) is 0 Å². The Bertz CT molecular complexity index is 1300. The number of hydrogen-bond acceptors (Lipinski definition) is 2. The van der Waals surface area contributed by atoms with Crippen LogP contribution in [-0.2, 0) is 17.9 Å². The number of nitrogens with one attached hydrogen (secondary N) is 1. The van der Waals surface area contributed by atoms with Crippen molar-refractivity contribution >= 4 is 29.2 Å². The molecule has 40 heavy (non-hydrogen) atoms. The highest BCUT2D eigenvalue weighted by atomic mass is 35.5. The van der Waals surface area contributed by atoms with Crippen molar-refractivity contribution in [3.63, 3.8) is 0 Å². The van der Waals surface area contributed by atoms with E-state index < -0.39 is 0 Å². The minimum absolute atomic E-state index is 0.00655. The summed E-state index contributed by atoms with van der Waals surface area (Å²) in [4.78, 5) is 31.2. The normalized spacial score (nSPS) is 14.5. The number of amides is 3. The van der Waals surface area contributed by atoms with Gasteiger partial charge < -0.3 is 19.7 Å². The average Bonchev–Trinajstić information content (AvgIpc) is 3.40. The van der Waals surface area contributed by atoms with Crippen LogP contribution in [-0.4, -0.2) is 44.9 Å². The molecule has 3 aromatic rings. The fourth-order valence-corrected chi connectivity index (χ4v) is 5.64. The Kier molecular flexibility index (Phi) is 10.3. The van der Waals surface area contributed by atoms with Gasteiger partial charge in [-0.2, -0.15) is 0 Å². The van der Waals surface area contributed by atoms with Gasteiger partial charge in [-0.05, 0) is 87.1 Å². The van der Waals surface area contributed by atoms with Gasteiger partial charge in [-0.25, -0.2) is 4.79 Å². The topological polar surface area (TPSA) is 57.6 Å². The van der Waals surface area contributed by atoms with Crippen LogP contribution < -0.4 is 5.32 Å². The van der Waals surface area contributed by atoms with Crippen molar-refractivity contribution in [2.24, 2.45) is 0 Å². The fourth-order valence-electron chi connectivity index (χ4n) is 5.44. The highest BCUT2D eigenvalue weighted by Crippen LogP contribution is 2.26. The van der Waals surface area contributed by atoms with Crippen LogP contribution >= 0.6 is 11.6 Å². The van der Waals surface area contributed by atoms with Gasteiger partial charge in [-0.3, -0.25) is 4.79 Å². The molecule has 1 fully saturated rings. The zero-order valence-corrected chi connectivity index (χ0v) is 25.1. The number of carbonyl (C=O) groups excluding carboxylic acids is 2. The van der Waals surface area contributed by atoms with E-state index in [1.807, 2.05) is 80.4 Å².